The lowest BCUT2D eigenvalue weighted by atomic mass is 9.83. The van der Waals surface area contributed by atoms with E-state index in [1.165, 1.54) is 58.2 Å². The van der Waals surface area contributed by atoms with E-state index in [2.05, 4.69) is 10.2 Å². The molecule has 2 aliphatic heterocycles. The molecule has 3 rings (SSSR count). The highest BCUT2D eigenvalue weighted by Crippen LogP contribution is 2.30. The number of rotatable bonds is 3. The van der Waals surface area contributed by atoms with Crippen LogP contribution in [0.4, 0.5) is 0 Å². The van der Waals surface area contributed by atoms with Crippen LogP contribution in [0.5, 0.6) is 0 Å². The van der Waals surface area contributed by atoms with Crippen LogP contribution in [0, 0.1) is 11.8 Å². The van der Waals surface area contributed by atoms with Crippen LogP contribution in [0.25, 0.3) is 0 Å². The van der Waals surface area contributed by atoms with Gasteiger partial charge in [0, 0.05) is 25.2 Å². The van der Waals surface area contributed by atoms with Crippen molar-refractivity contribution >= 4 is 0 Å². The summed E-state index contributed by atoms with van der Waals surface area (Å²) in [4.78, 5) is 2.60. The zero-order chi connectivity index (χ0) is 11.7. The van der Waals surface area contributed by atoms with Gasteiger partial charge in [-0.3, -0.25) is 0 Å². The van der Waals surface area contributed by atoms with E-state index >= 15 is 0 Å². The molecule has 2 heterocycles. The number of nitrogens with one attached hydrogen (secondary N) is 1. The molecule has 0 spiro atoms. The molecule has 1 aliphatic carbocycles. The van der Waals surface area contributed by atoms with Gasteiger partial charge in [0.25, 0.3) is 0 Å². The lowest BCUT2D eigenvalue weighted by Gasteiger charge is -2.38. The minimum absolute atomic E-state index is 0.376. The van der Waals surface area contributed by atoms with Crippen LogP contribution in [0.2, 0.25) is 0 Å². The molecule has 0 aromatic rings. The largest absolute Gasteiger partial charge is 0.396 e. The Hall–Kier alpha value is -0.120. The molecule has 0 radical (unpaired) electrons. The maximum atomic E-state index is 9.47. The van der Waals surface area contributed by atoms with Crippen LogP contribution < -0.4 is 5.32 Å². The van der Waals surface area contributed by atoms with Gasteiger partial charge >= 0.3 is 0 Å². The normalized spacial score (nSPS) is 46.1. The molecular formula is C14H26N2O. The third-order valence-corrected chi connectivity index (χ3v) is 5.21. The highest BCUT2D eigenvalue weighted by molar-refractivity contribution is 4.93. The number of hydrogen-bond donors (Lipinski definition) is 2. The Balaban J connectivity index is 1.57. The molecule has 5 unspecified atom stereocenters. The van der Waals surface area contributed by atoms with Crippen molar-refractivity contribution < 1.29 is 5.11 Å². The summed E-state index contributed by atoms with van der Waals surface area (Å²) in [5, 5.41) is 13.4. The zero-order valence-electron chi connectivity index (χ0n) is 10.8. The van der Waals surface area contributed by atoms with Crippen LogP contribution >= 0.6 is 0 Å². The molecule has 5 atom stereocenters. The van der Waals surface area contributed by atoms with Crippen LogP contribution in [-0.2, 0) is 0 Å². The monoisotopic (exact) mass is 238 g/mol. The van der Waals surface area contributed by atoms with Gasteiger partial charge in [-0.05, 0) is 50.6 Å². The first-order valence-electron chi connectivity index (χ1n) is 7.46. The molecule has 2 bridgehead atoms. The minimum atomic E-state index is 0.376. The molecule has 2 N–H and O–H groups in total. The highest BCUT2D eigenvalue weighted by Gasteiger charge is 2.36. The maximum Gasteiger partial charge on any atom is 0.0474 e. The lowest BCUT2D eigenvalue weighted by molar-refractivity contribution is 0.126. The van der Waals surface area contributed by atoms with Crippen molar-refractivity contribution in [2.45, 2.75) is 50.6 Å². The molecule has 3 fully saturated rings. The zero-order valence-corrected chi connectivity index (χ0v) is 10.8. The smallest absolute Gasteiger partial charge is 0.0474 e. The van der Waals surface area contributed by atoms with Crippen molar-refractivity contribution in [1.82, 2.24) is 10.2 Å². The predicted octanol–water partition coefficient (Wildman–Crippen LogP) is 1.22. The molecule has 17 heavy (non-hydrogen) atoms. The molecule has 98 valence electrons. The Morgan fingerprint density at radius 1 is 1.00 bits per heavy atom. The van der Waals surface area contributed by atoms with Gasteiger partial charge in [0.1, 0.15) is 0 Å². The van der Waals surface area contributed by atoms with Gasteiger partial charge in [-0.1, -0.05) is 12.8 Å². The minimum Gasteiger partial charge on any atom is -0.396 e. The molecule has 2 saturated heterocycles. The number of fused-ring (bicyclic) bond motifs is 2. The Labute approximate surface area is 105 Å². The molecule has 1 saturated carbocycles. The van der Waals surface area contributed by atoms with Gasteiger partial charge in [0.15, 0.2) is 0 Å². The van der Waals surface area contributed by atoms with E-state index in [-0.39, 0.29) is 0 Å². The van der Waals surface area contributed by atoms with Gasteiger partial charge in [-0.15, -0.1) is 0 Å². The molecule has 3 nitrogen and oxygen atoms in total. The summed E-state index contributed by atoms with van der Waals surface area (Å²) in [6, 6.07) is 1.32. The van der Waals surface area contributed by atoms with Gasteiger partial charge < -0.3 is 15.3 Å². The SMILES string of the molecule is OCC1CCCCC1NC1CCN2CCC1C2. The fourth-order valence-corrected chi connectivity index (χ4v) is 4.09. The third-order valence-electron chi connectivity index (χ3n) is 5.21. The van der Waals surface area contributed by atoms with Gasteiger partial charge in [0.2, 0.25) is 0 Å². The number of piperidine rings is 1. The van der Waals surface area contributed by atoms with E-state index in [1.54, 1.807) is 0 Å². The Morgan fingerprint density at radius 2 is 1.82 bits per heavy atom. The first-order chi connectivity index (χ1) is 8.36. The second-order valence-electron chi connectivity index (χ2n) is 6.24. The summed E-state index contributed by atoms with van der Waals surface area (Å²) in [5.74, 6) is 1.40. The molecule has 3 heteroatoms. The number of hydrogen-bond acceptors (Lipinski definition) is 3. The van der Waals surface area contributed by atoms with Gasteiger partial charge in [0.05, 0.1) is 0 Å². The molecule has 0 aromatic heterocycles. The summed E-state index contributed by atoms with van der Waals surface area (Å²) in [6.07, 6.45) is 7.85. The summed E-state index contributed by atoms with van der Waals surface area (Å²) in [7, 11) is 0. The second kappa shape index (κ2) is 5.25. The quantitative estimate of drug-likeness (QED) is 0.776. The summed E-state index contributed by atoms with van der Waals surface area (Å²) in [6.45, 7) is 4.29. The summed E-state index contributed by atoms with van der Waals surface area (Å²) in [5.41, 5.74) is 0. The average Bonchev–Trinajstić information content (AvgIpc) is 2.76. The fraction of sp³-hybridized carbons (Fsp3) is 1.00. The summed E-state index contributed by atoms with van der Waals surface area (Å²) >= 11 is 0. The fourth-order valence-electron chi connectivity index (χ4n) is 4.09. The van der Waals surface area contributed by atoms with Crippen molar-refractivity contribution in [3.63, 3.8) is 0 Å². The summed E-state index contributed by atoms with van der Waals surface area (Å²) < 4.78 is 0. The third kappa shape index (κ3) is 2.51. The van der Waals surface area contributed by atoms with E-state index in [9.17, 15) is 5.11 Å². The lowest BCUT2D eigenvalue weighted by Crippen LogP contribution is -2.51. The van der Waals surface area contributed by atoms with E-state index in [0.717, 1.165) is 12.0 Å². The second-order valence-corrected chi connectivity index (χ2v) is 6.24. The molecule has 0 amide bonds. The predicted molar refractivity (Wildman–Crippen MR) is 68.9 cm³/mol. The van der Waals surface area contributed by atoms with E-state index < -0.39 is 0 Å². The van der Waals surface area contributed by atoms with Crippen LogP contribution in [0.15, 0.2) is 0 Å². The highest BCUT2D eigenvalue weighted by atomic mass is 16.3. The van der Waals surface area contributed by atoms with Crippen molar-refractivity contribution in [1.29, 1.82) is 0 Å². The van der Waals surface area contributed by atoms with E-state index in [0.29, 0.717) is 18.6 Å². The Morgan fingerprint density at radius 3 is 2.71 bits per heavy atom. The van der Waals surface area contributed by atoms with Crippen LogP contribution in [-0.4, -0.2) is 48.3 Å². The van der Waals surface area contributed by atoms with Crippen LogP contribution in [0.1, 0.15) is 38.5 Å². The van der Waals surface area contributed by atoms with Crippen molar-refractivity contribution in [2.75, 3.05) is 26.2 Å². The van der Waals surface area contributed by atoms with E-state index in [1.807, 2.05) is 0 Å². The Bertz CT molecular complexity index is 255. The van der Waals surface area contributed by atoms with Gasteiger partial charge in [-0.25, -0.2) is 0 Å². The number of nitrogens with zero attached hydrogens (tertiary/aromatic N) is 1. The molecule has 3 aliphatic rings. The topological polar surface area (TPSA) is 35.5 Å². The maximum absolute atomic E-state index is 9.47. The number of aliphatic hydroxyl groups excluding tert-OH is 1. The average molecular weight is 238 g/mol. The van der Waals surface area contributed by atoms with Crippen LogP contribution in [0.3, 0.4) is 0 Å². The van der Waals surface area contributed by atoms with Gasteiger partial charge in [-0.2, -0.15) is 0 Å². The van der Waals surface area contributed by atoms with E-state index in [4.69, 9.17) is 0 Å². The first kappa shape index (κ1) is 11.9. The van der Waals surface area contributed by atoms with Crippen molar-refractivity contribution in [3.8, 4) is 0 Å². The van der Waals surface area contributed by atoms with Crippen molar-refractivity contribution in [2.24, 2.45) is 11.8 Å². The molecule has 0 aromatic carbocycles. The standard InChI is InChI=1S/C14H26N2O/c17-10-12-3-1-2-4-13(12)15-14-6-8-16-7-5-11(14)9-16/h11-15,17H,1-10H2. The number of aliphatic hydroxyl groups is 1. The molecular weight excluding hydrogens is 212 g/mol. The Kier molecular flexibility index (Phi) is 3.69. The van der Waals surface area contributed by atoms with Crippen molar-refractivity contribution in [3.05, 3.63) is 0 Å². The first-order valence-corrected chi connectivity index (χ1v) is 7.46.